The van der Waals surface area contributed by atoms with Crippen LogP contribution in [0, 0.1) is 10.1 Å². The van der Waals surface area contributed by atoms with Gasteiger partial charge in [-0.05, 0) is 12.5 Å². The number of non-ortho nitro benzene ring substituents is 1. The number of rotatable bonds is 8. The molecule has 4 rings (SSSR count). The van der Waals surface area contributed by atoms with Crippen LogP contribution in [0.3, 0.4) is 0 Å². The lowest BCUT2D eigenvalue weighted by molar-refractivity contribution is -0.385. The van der Waals surface area contributed by atoms with Crippen molar-refractivity contribution >= 4 is 23.1 Å². The summed E-state index contributed by atoms with van der Waals surface area (Å²) >= 11 is 1.56. The maximum absolute atomic E-state index is 11.2. The summed E-state index contributed by atoms with van der Waals surface area (Å²) in [5.41, 5.74) is 2.80. The molecule has 0 aliphatic carbocycles. The molecule has 1 N–H and O–H groups in total. The van der Waals surface area contributed by atoms with E-state index < -0.39 is 11.2 Å². The summed E-state index contributed by atoms with van der Waals surface area (Å²) in [5.74, 6) is 1.28. The van der Waals surface area contributed by atoms with Gasteiger partial charge in [0.2, 0.25) is 11.0 Å². The summed E-state index contributed by atoms with van der Waals surface area (Å²) in [7, 11) is 0. The molecule has 1 aliphatic rings. The minimum Gasteiger partial charge on any atom is -0.448 e. The van der Waals surface area contributed by atoms with Gasteiger partial charge in [0.05, 0.1) is 4.92 Å². The Labute approximate surface area is 184 Å². The minimum absolute atomic E-state index is 0.00444. The first-order chi connectivity index (χ1) is 15.2. The van der Waals surface area contributed by atoms with Crippen molar-refractivity contribution in [3.05, 3.63) is 64.2 Å². The average Bonchev–Trinajstić information content (AvgIpc) is 2.95. The minimum atomic E-state index is -0.651. The molecular formula is C22H23N5O3S. The summed E-state index contributed by atoms with van der Waals surface area (Å²) in [4.78, 5) is 15.4. The van der Waals surface area contributed by atoms with E-state index in [0.717, 1.165) is 23.4 Å². The summed E-state index contributed by atoms with van der Waals surface area (Å²) in [6, 6.07) is 14.0. The number of nitrogens with one attached hydrogen (secondary N) is 1. The highest BCUT2D eigenvalue weighted by Gasteiger charge is 2.26. The highest BCUT2D eigenvalue weighted by molar-refractivity contribution is 7.99. The van der Waals surface area contributed by atoms with E-state index in [1.165, 1.54) is 31.4 Å². The zero-order valence-electron chi connectivity index (χ0n) is 17.2. The second-order valence-corrected chi connectivity index (χ2v) is 8.26. The second kappa shape index (κ2) is 9.74. The Morgan fingerprint density at radius 1 is 1.13 bits per heavy atom. The molecule has 0 fully saturated rings. The number of thioether (sulfide) groups is 1. The number of anilines is 1. The van der Waals surface area contributed by atoms with Crippen LogP contribution in [0.4, 0.5) is 11.4 Å². The van der Waals surface area contributed by atoms with Gasteiger partial charge in [0.25, 0.3) is 5.69 Å². The number of nitrogens with zero attached hydrogens (tertiary/aromatic N) is 4. The van der Waals surface area contributed by atoms with Crippen molar-refractivity contribution in [2.75, 3.05) is 11.1 Å². The van der Waals surface area contributed by atoms with Crippen LogP contribution in [-0.4, -0.2) is 25.9 Å². The van der Waals surface area contributed by atoms with Gasteiger partial charge >= 0.3 is 0 Å². The molecule has 1 atom stereocenters. The molecule has 0 spiro atoms. The molecule has 3 aromatic rings. The molecule has 2 aromatic carbocycles. The lowest BCUT2D eigenvalue weighted by Gasteiger charge is -2.19. The fourth-order valence-corrected chi connectivity index (χ4v) is 4.13. The Morgan fingerprint density at radius 2 is 2.00 bits per heavy atom. The van der Waals surface area contributed by atoms with E-state index in [1.807, 2.05) is 24.3 Å². The third-order valence-electron chi connectivity index (χ3n) is 4.95. The molecule has 0 amide bonds. The number of benzene rings is 2. The van der Waals surface area contributed by atoms with Crippen molar-refractivity contribution in [3.63, 3.8) is 0 Å². The van der Waals surface area contributed by atoms with E-state index in [2.05, 4.69) is 27.4 Å². The summed E-state index contributed by atoms with van der Waals surface area (Å²) in [6.07, 6.45) is 4.05. The zero-order chi connectivity index (χ0) is 21.6. The van der Waals surface area contributed by atoms with E-state index in [4.69, 9.17) is 4.74 Å². The molecule has 0 saturated heterocycles. The van der Waals surface area contributed by atoms with Gasteiger partial charge in [-0.15, -0.1) is 10.2 Å². The monoisotopic (exact) mass is 437 g/mol. The van der Waals surface area contributed by atoms with Crippen molar-refractivity contribution < 1.29 is 9.66 Å². The summed E-state index contributed by atoms with van der Waals surface area (Å²) < 4.78 is 6.19. The summed E-state index contributed by atoms with van der Waals surface area (Å²) in [5, 5.41) is 23.8. The normalized spacial score (nSPS) is 14.5. The van der Waals surface area contributed by atoms with Gasteiger partial charge in [-0.2, -0.15) is 4.98 Å². The Morgan fingerprint density at radius 3 is 2.84 bits per heavy atom. The van der Waals surface area contributed by atoms with E-state index in [9.17, 15) is 10.1 Å². The summed E-state index contributed by atoms with van der Waals surface area (Å²) in [6.45, 7) is 2.19. The predicted molar refractivity (Wildman–Crippen MR) is 120 cm³/mol. The number of aromatic nitrogens is 3. The van der Waals surface area contributed by atoms with E-state index in [-0.39, 0.29) is 5.69 Å². The molecular weight excluding hydrogens is 414 g/mol. The number of nitro benzene ring substituents is 1. The molecule has 0 radical (unpaired) electrons. The fraction of sp³-hybridized carbons (Fsp3) is 0.318. The van der Waals surface area contributed by atoms with Gasteiger partial charge in [0.15, 0.2) is 11.9 Å². The smallest absolute Gasteiger partial charge is 0.269 e. The number of fused-ring (bicyclic) bond motifs is 3. The van der Waals surface area contributed by atoms with Crippen molar-refractivity contribution in [1.29, 1.82) is 0 Å². The van der Waals surface area contributed by atoms with Crippen LogP contribution in [0.5, 0.6) is 5.88 Å². The van der Waals surface area contributed by atoms with Gasteiger partial charge in [0.1, 0.15) is 0 Å². The molecule has 0 unspecified atom stereocenters. The highest BCUT2D eigenvalue weighted by Crippen LogP contribution is 2.39. The quantitative estimate of drug-likeness (QED) is 0.209. The van der Waals surface area contributed by atoms with E-state index in [0.29, 0.717) is 22.3 Å². The lowest BCUT2D eigenvalue weighted by atomic mass is 10.1. The third-order valence-corrected chi connectivity index (χ3v) is 5.87. The molecule has 0 bridgehead atoms. The van der Waals surface area contributed by atoms with Crippen LogP contribution in [0.25, 0.3) is 11.3 Å². The van der Waals surface area contributed by atoms with E-state index >= 15 is 0 Å². The van der Waals surface area contributed by atoms with Gasteiger partial charge in [-0.1, -0.05) is 68.3 Å². The molecule has 8 nitrogen and oxygen atoms in total. The van der Waals surface area contributed by atoms with Crippen LogP contribution in [0.15, 0.2) is 53.7 Å². The maximum Gasteiger partial charge on any atom is 0.269 e. The molecule has 160 valence electrons. The van der Waals surface area contributed by atoms with Crippen molar-refractivity contribution in [1.82, 2.24) is 15.2 Å². The Bertz CT molecular complexity index is 1080. The topological polar surface area (TPSA) is 103 Å². The van der Waals surface area contributed by atoms with Gasteiger partial charge in [0, 0.05) is 34.7 Å². The number of para-hydroxylation sites is 1. The lowest BCUT2D eigenvalue weighted by Crippen LogP contribution is -2.17. The molecule has 31 heavy (non-hydrogen) atoms. The predicted octanol–water partition coefficient (Wildman–Crippen LogP) is 5.62. The maximum atomic E-state index is 11.2. The Kier molecular flexibility index (Phi) is 6.61. The number of nitro groups is 1. The fourth-order valence-electron chi connectivity index (χ4n) is 3.35. The Balaban J connectivity index is 1.65. The second-order valence-electron chi connectivity index (χ2n) is 7.20. The first kappa shape index (κ1) is 21.0. The first-order valence-corrected chi connectivity index (χ1v) is 11.3. The van der Waals surface area contributed by atoms with Crippen molar-refractivity contribution in [2.24, 2.45) is 0 Å². The molecule has 9 heteroatoms. The average molecular weight is 438 g/mol. The Hall–Kier alpha value is -3.20. The number of hydrogen-bond donors (Lipinski definition) is 1. The van der Waals surface area contributed by atoms with Crippen molar-refractivity contribution in [3.8, 4) is 17.1 Å². The third kappa shape index (κ3) is 4.93. The number of unbranched alkanes of at least 4 members (excludes halogenated alkanes) is 3. The number of hydrogen-bond acceptors (Lipinski definition) is 8. The molecule has 0 saturated carbocycles. The van der Waals surface area contributed by atoms with Crippen LogP contribution in [-0.2, 0) is 0 Å². The molecule has 1 aromatic heterocycles. The van der Waals surface area contributed by atoms with Gasteiger partial charge < -0.3 is 10.1 Å². The van der Waals surface area contributed by atoms with Crippen molar-refractivity contribution in [2.45, 2.75) is 44.0 Å². The standard InChI is InChI=1S/C22H23N5O3S/c1-2-3-4-7-13-31-22-24-21-19(25-26-22)17-11-5-6-12-18(17)23-20(30-21)15-9-8-10-16(14-15)27(28)29/h5-6,8-12,14,20,23H,2-4,7,13H2,1H3/t20-/m1/s1. The van der Waals surface area contributed by atoms with Gasteiger partial charge in [-0.3, -0.25) is 10.1 Å². The SMILES string of the molecule is CCCCCCSc1nnc2c(n1)O[C@H](c1cccc([N+](=O)[O-])c1)Nc1ccccc1-2. The molecule has 2 heterocycles. The largest absolute Gasteiger partial charge is 0.448 e. The van der Waals surface area contributed by atoms with Crippen LogP contribution in [0.2, 0.25) is 0 Å². The first-order valence-electron chi connectivity index (χ1n) is 10.3. The van der Waals surface area contributed by atoms with Gasteiger partial charge in [-0.25, -0.2) is 0 Å². The van der Waals surface area contributed by atoms with E-state index in [1.54, 1.807) is 23.9 Å². The van der Waals surface area contributed by atoms with Crippen LogP contribution < -0.4 is 10.1 Å². The highest BCUT2D eigenvalue weighted by atomic mass is 32.2. The van der Waals surface area contributed by atoms with Crippen LogP contribution in [0.1, 0.15) is 44.4 Å². The van der Waals surface area contributed by atoms with Crippen LogP contribution >= 0.6 is 11.8 Å². The number of ether oxygens (including phenoxy) is 1. The zero-order valence-corrected chi connectivity index (χ0v) is 18.0. The molecule has 1 aliphatic heterocycles.